The number of aromatic nitrogens is 2. The molecule has 0 bridgehead atoms. The van der Waals surface area contributed by atoms with E-state index in [9.17, 15) is 9.59 Å². The highest BCUT2D eigenvalue weighted by molar-refractivity contribution is 6.08. The van der Waals surface area contributed by atoms with Gasteiger partial charge in [0.1, 0.15) is 0 Å². The van der Waals surface area contributed by atoms with Gasteiger partial charge >= 0.3 is 0 Å². The van der Waals surface area contributed by atoms with E-state index in [4.69, 9.17) is 9.47 Å². The number of nitrogens with zero attached hydrogens (tertiary/aromatic N) is 2. The summed E-state index contributed by atoms with van der Waals surface area (Å²) in [5.41, 5.74) is 0.867. The molecule has 8 nitrogen and oxygen atoms in total. The third-order valence-corrected chi connectivity index (χ3v) is 3.32. The third-order valence-electron chi connectivity index (χ3n) is 3.32. The maximum absolute atomic E-state index is 12.5. The van der Waals surface area contributed by atoms with Crippen molar-refractivity contribution in [1.82, 2.24) is 15.1 Å². The molecule has 134 valence electrons. The first-order chi connectivity index (χ1) is 12.0. The number of benzene rings is 1. The predicted octanol–water partition coefficient (Wildman–Crippen LogP) is 1.83. The van der Waals surface area contributed by atoms with E-state index in [1.54, 1.807) is 31.4 Å². The molecule has 1 aromatic carbocycles. The van der Waals surface area contributed by atoms with Crippen LogP contribution in [0.4, 0.5) is 5.69 Å². The van der Waals surface area contributed by atoms with E-state index in [-0.39, 0.29) is 17.5 Å². The Morgan fingerprint density at radius 1 is 1.12 bits per heavy atom. The molecule has 0 fully saturated rings. The van der Waals surface area contributed by atoms with Gasteiger partial charge < -0.3 is 20.1 Å². The molecule has 0 saturated carbocycles. The fraction of sp³-hybridized carbons (Fsp3) is 0.353. The van der Waals surface area contributed by atoms with Crippen molar-refractivity contribution in [3.05, 3.63) is 35.7 Å². The molecule has 0 aliphatic carbocycles. The highest BCUT2D eigenvalue weighted by Crippen LogP contribution is 2.29. The smallest absolute Gasteiger partial charge is 0.273 e. The molecule has 0 atom stereocenters. The number of hydrogen-bond donors (Lipinski definition) is 2. The van der Waals surface area contributed by atoms with Crippen LogP contribution in [0.5, 0.6) is 11.5 Å². The summed E-state index contributed by atoms with van der Waals surface area (Å²) in [4.78, 5) is 24.4. The van der Waals surface area contributed by atoms with E-state index < -0.39 is 0 Å². The van der Waals surface area contributed by atoms with Crippen LogP contribution in [0.1, 0.15) is 34.7 Å². The van der Waals surface area contributed by atoms with Gasteiger partial charge in [-0.1, -0.05) is 0 Å². The van der Waals surface area contributed by atoms with Crippen LogP contribution in [0.2, 0.25) is 0 Å². The summed E-state index contributed by atoms with van der Waals surface area (Å²) < 4.78 is 12.5. The van der Waals surface area contributed by atoms with Crippen molar-refractivity contribution in [2.75, 3.05) is 25.6 Å². The number of rotatable bonds is 7. The van der Waals surface area contributed by atoms with Gasteiger partial charge in [0.05, 0.1) is 18.9 Å². The molecule has 0 aliphatic rings. The summed E-state index contributed by atoms with van der Waals surface area (Å²) in [6, 6.07) is 4.94. The van der Waals surface area contributed by atoms with Gasteiger partial charge in [-0.25, -0.2) is 0 Å². The molecule has 1 aromatic heterocycles. The average Bonchev–Trinajstić information content (AvgIpc) is 2.96. The molecule has 0 unspecified atom stereocenters. The minimum absolute atomic E-state index is 0.148. The van der Waals surface area contributed by atoms with E-state index in [0.29, 0.717) is 36.0 Å². The third kappa shape index (κ3) is 4.28. The molecular weight excluding hydrogens is 324 g/mol. The Morgan fingerprint density at radius 2 is 1.80 bits per heavy atom. The first-order valence-corrected chi connectivity index (χ1v) is 7.96. The SMILES string of the molecule is CCOc1ccc(C(=O)Nc2cn(C)nc2C(=O)NC)cc1OCC. The number of ether oxygens (including phenoxy) is 2. The van der Waals surface area contributed by atoms with Gasteiger partial charge in [-0.15, -0.1) is 0 Å². The van der Waals surface area contributed by atoms with E-state index >= 15 is 0 Å². The lowest BCUT2D eigenvalue weighted by Crippen LogP contribution is -2.21. The molecule has 1 heterocycles. The summed E-state index contributed by atoms with van der Waals surface area (Å²) >= 11 is 0. The average molecular weight is 346 g/mol. The van der Waals surface area contributed by atoms with Crippen LogP contribution in [0.3, 0.4) is 0 Å². The van der Waals surface area contributed by atoms with Crippen LogP contribution in [0, 0.1) is 0 Å². The number of anilines is 1. The zero-order valence-electron chi connectivity index (χ0n) is 14.8. The summed E-state index contributed by atoms with van der Waals surface area (Å²) in [5, 5.41) is 9.26. The highest BCUT2D eigenvalue weighted by atomic mass is 16.5. The Bertz CT molecular complexity index is 770. The largest absolute Gasteiger partial charge is 0.490 e. The number of aryl methyl sites for hydroxylation is 1. The molecule has 0 saturated heterocycles. The first kappa shape index (κ1) is 18.3. The standard InChI is InChI=1S/C17H22N4O4/c1-5-24-13-8-7-11(9-14(13)25-6-2)16(22)19-12-10-21(4)20-15(12)17(23)18-3/h7-10H,5-6H2,1-4H3,(H,18,23)(H,19,22). The second-order valence-electron chi connectivity index (χ2n) is 5.13. The molecule has 2 rings (SSSR count). The number of carbonyl (C=O) groups is 2. The quantitative estimate of drug-likeness (QED) is 0.798. The summed E-state index contributed by atoms with van der Waals surface area (Å²) in [7, 11) is 3.18. The second-order valence-corrected chi connectivity index (χ2v) is 5.13. The maximum atomic E-state index is 12.5. The summed E-state index contributed by atoms with van der Waals surface area (Å²) in [6.07, 6.45) is 1.57. The number of carbonyl (C=O) groups excluding carboxylic acids is 2. The maximum Gasteiger partial charge on any atom is 0.273 e. The normalized spacial score (nSPS) is 10.2. The van der Waals surface area contributed by atoms with Crippen LogP contribution in [0.25, 0.3) is 0 Å². The number of nitrogens with one attached hydrogen (secondary N) is 2. The number of amides is 2. The van der Waals surface area contributed by atoms with Crippen LogP contribution >= 0.6 is 0 Å². The zero-order chi connectivity index (χ0) is 18.4. The lowest BCUT2D eigenvalue weighted by Gasteiger charge is -2.12. The van der Waals surface area contributed by atoms with Gasteiger partial charge in [0.25, 0.3) is 11.8 Å². The molecule has 0 radical (unpaired) electrons. The minimum atomic E-state index is -0.377. The second kappa shape index (κ2) is 8.18. The van der Waals surface area contributed by atoms with Crippen molar-refractivity contribution >= 4 is 17.5 Å². The fourth-order valence-corrected chi connectivity index (χ4v) is 2.25. The first-order valence-electron chi connectivity index (χ1n) is 7.96. The van der Waals surface area contributed by atoms with Crippen molar-refractivity contribution in [2.24, 2.45) is 7.05 Å². The van der Waals surface area contributed by atoms with Gasteiger partial charge in [0.15, 0.2) is 17.2 Å². The number of hydrogen-bond acceptors (Lipinski definition) is 5. The minimum Gasteiger partial charge on any atom is -0.490 e. The Hall–Kier alpha value is -3.03. The van der Waals surface area contributed by atoms with Crippen LogP contribution in [0.15, 0.2) is 24.4 Å². The van der Waals surface area contributed by atoms with E-state index in [0.717, 1.165) is 0 Å². The fourth-order valence-electron chi connectivity index (χ4n) is 2.25. The molecule has 2 amide bonds. The summed E-state index contributed by atoms with van der Waals surface area (Å²) in [6.45, 7) is 4.68. The van der Waals surface area contributed by atoms with Gasteiger partial charge in [0, 0.05) is 25.9 Å². The molecule has 2 N–H and O–H groups in total. The van der Waals surface area contributed by atoms with Gasteiger partial charge in [-0.3, -0.25) is 14.3 Å². The molecule has 2 aromatic rings. The van der Waals surface area contributed by atoms with Crippen LogP contribution < -0.4 is 20.1 Å². The molecule has 0 spiro atoms. The van der Waals surface area contributed by atoms with Gasteiger partial charge in [0.2, 0.25) is 0 Å². The van der Waals surface area contributed by atoms with Crippen LogP contribution in [-0.2, 0) is 7.05 Å². The van der Waals surface area contributed by atoms with E-state index in [1.165, 1.54) is 11.7 Å². The lowest BCUT2D eigenvalue weighted by molar-refractivity contribution is 0.0958. The van der Waals surface area contributed by atoms with E-state index in [2.05, 4.69) is 15.7 Å². The predicted molar refractivity (Wildman–Crippen MR) is 93.3 cm³/mol. The van der Waals surface area contributed by atoms with Crippen molar-refractivity contribution in [3.8, 4) is 11.5 Å². The molecule has 25 heavy (non-hydrogen) atoms. The molecule has 8 heteroatoms. The zero-order valence-corrected chi connectivity index (χ0v) is 14.8. The van der Waals surface area contributed by atoms with Crippen molar-refractivity contribution < 1.29 is 19.1 Å². The molecular formula is C17H22N4O4. The molecule has 0 aliphatic heterocycles. The topological polar surface area (TPSA) is 94.5 Å². The van der Waals surface area contributed by atoms with E-state index in [1.807, 2.05) is 13.8 Å². The van der Waals surface area contributed by atoms with Gasteiger partial charge in [-0.05, 0) is 32.0 Å². The Morgan fingerprint density at radius 3 is 2.44 bits per heavy atom. The lowest BCUT2D eigenvalue weighted by atomic mass is 10.2. The Labute approximate surface area is 146 Å². The monoisotopic (exact) mass is 346 g/mol. The Kier molecular flexibility index (Phi) is 5.99. The van der Waals surface area contributed by atoms with Crippen molar-refractivity contribution in [2.45, 2.75) is 13.8 Å². The highest BCUT2D eigenvalue weighted by Gasteiger charge is 2.18. The van der Waals surface area contributed by atoms with Crippen molar-refractivity contribution in [1.29, 1.82) is 0 Å². The van der Waals surface area contributed by atoms with Crippen LogP contribution in [-0.4, -0.2) is 41.9 Å². The van der Waals surface area contributed by atoms with Gasteiger partial charge in [-0.2, -0.15) is 5.10 Å². The Balaban J connectivity index is 2.26. The van der Waals surface area contributed by atoms with Crippen molar-refractivity contribution in [3.63, 3.8) is 0 Å². The summed E-state index contributed by atoms with van der Waals surface area (Å²) in [5.74, 6) is 0.322.